The van der Waals surface area contributed by atoms with Gasteiger partial charge in [-0.25, -0.2) is 0 Å². The molecule has 0 atom stereocenters. The lowest BCUT2D eigenvalue weighted by Gasteiger charge is -2.19. The second-order valence-corrected chi connectivity index (χ2v) is 9.34. The number of rotatable bonds is 7. The molecule has 1 aliphatic rings. The number of unbranched alkanes of at least 4 members (excludes halogenated alkanes) is 4. The fraction of sp³-hybridized carbons (Fsp3) is 0.613. The van der Waals surface area contributed by atoms with Gasteiger partial charge in [0.25, 0.3) is 0 Å². The summed E-state index contributed by atoms with van der Waals surface area (Å²) in [5.74, 6) is 1.06. The summed E-state index contributed by atoms with van der Waals surface area (Å²) in [5.41, 5.74) is 3.58. The maximum absolute atomic E-state index is 6.33. The van der Waals surface area contributed by atoms with Gasteiger partial charge >= 0.3 is 0 Å². The second kappa shape index (κ2) is 16.8. The van der Waals surface area contributed by atoms with Crippen LogP contribution in [0.1, 0.15) is 123 Å². The zero-order valence-corrected chi connectivity index (χ0v) is 22.1. The van der Waals surface area contributed by atoms with Crippen molar-refractivity contribution in [1.82, 2.24) is 0 Å². The van der Waals surface area contributed by atoms with E-state index in [4.69, 9.17) is 4.74 Å². The Hall–Kier alpha value is -1.76. The Kier molecular flexibility index (Phi) is 14.9. The summed E-state index contributed by atoms with van der Waals surface area (Å²) in [7, 11) is 0. The van der Waals surface area contributed by atoms with Gasteiger partial charge in [-0.2, -0.15) is 0 Å². The summed E-state index contributed by atoms with van der Waals surface area (Å²) in [5, 5.41) is 2.56. The van der Waals surface area contributed by atoms with Gasteiger partial charge in [0.1, 0.15) is 5.75 Å². The molecule has 0 radical (unpaired) electrons. The van der Waals surface area contributed by atoms with E-state index in [9.17, 15) is 0 Å². The lowest BCUT2D eigenvalue weighted by atomic mass is 9.99. The summed E-state index contributed by atoms with van der Waals surface area (Å²) in [6.45, 7) is 17.1. The molecule has 1 fully saturated rings. The molecule has 0 amide bonds. The van der Waals surface area contributed by atoms with E-state index >= 15 is 0 Å². The van der Waals surface area contributed by atoms with E-state index in [1.54, 1.807) is 0 Å². The fourth-order valence-corrected chi connectivity index (χ4v) is 3.90. The number of benzene rings is 2. The van der Waals surface area contributed by atoms with Gasteiger partial charge in [-0.05, 0) is 73.6 Å². The Labute approximate surface area is 199 Å². The monoisotopic (exact) mass is 438 g/mol. The van der Waals surface area contributed by atoms with Crippen molar-refractivity contribution in [2.24, 2.45) is 0 Å². The van der Waals surface area contributed by atoms with Crippen molar-refractivity contribution in [2.75, 3.05) is 0 Å². The largest absolute Gasteiger partial charge is 0.490 e. The molecule has 0 bridgehead atoms. The van der Waals surface area contributed by atoms with Crippen LogP contribution in [-0.4, -0.2) is 6.10 Å². The van der Waals surface area contributed by atoms with Gasteiger partial charge in [0.05, 0.1) is 6.10 Å². The van der Waals surface area contributed by atoms with Crippen LogP contribution in [0, 0.1) is 6.92 Å². The van der Waals surface area contributed by atoms with Crippen molar-refractivity contribution in [3.63, 3.8) is 0 Å². The van der Waals surface area contributed by atoms with Gasteiger partial charge in [0, 0.05) is 0 Å². The van der Waals surface area contributed by atoms with Crippen LogP contribution >= 0.6 is 0 Å². The van der Waals surface area contributed by atoms with Crippen LogP contribution in [-0.2, 0) is 0 Å². The van der Waals surface area contributed by atoms with E-state index < -0.39 is 0 Å². The molecule has 2 aromatic rings. The Balaban J connectivity index is 0.000000432. The van der Waals surface area contributed by atoms with E-state index in [1.165, 1.54) is 98.9 Å². The van der Waals surface area contributed by atoms with Crippen LogP contribution in [0.5, 0.6) is 5.75 Å². The quantitative estimate of drug-likeness (QED) is 0.308. The number of fused-ring (bicyclic) bond motifs is 1. The van der Waals surface area contributed by atoms with Crippen LogP contribution in [0.25, 0.3) is 16.3 Å². The van der Waals surface area contributed by atoms with E-state index in [0.29, 0.717) is 6.10 Å². The van der Waals surface area contributed by atoms with Gasteiger partial charge in [-0.3, -0.25) is 0 Å². The maximum atomic E-state index is 6.33. The third-order valence-electron chi connectivity index (χ3n) is 6.29. The van der Waals surface area contributed by atoms with Crippen LogP contribution in [0.2, 0.25) is 0 Å². The molecule has 1 heteroatoms. The highest BCUT2D eigenvalue weighted by Gasteiger charge is 2.15. The van der Waals surface area contributed by atoms with Crippen molar-refractivity contribution < 1.29 is 4.74 Å². The highest BCUT2D eigenvalue weighted by molar-refractivity contribution is 5.90. The summed E-state index contributed by atoms with van der Waals surface area (Å²) in [4.78, 5) is 0. The molecule has 1 nitrogen and oxygen atoms in total. The Bertz CT molecular complexity index is 759. The molecule has 0 saturated heterocycles. The number of aryl methyl sites for hydroxylation is 1. The van der Waals surface area contributed by atoms with Crippen molar-refractivity contribution in [3.8, 4) is 5.75 Å². The normalized spacial score (nSPS) is 13.9. The molecule has 0 aromatic heterocycles. The molecule has 3 rings (SSSR count). The van der Waals surface area contributed by atoms with E-state index in [2.05, 4.69) is 78.5 Å². The maximum Gasteiger partial charge on any atom is 0.123 e. The van der Waals surface area contributed by atoms with Crippen molar-refractivity contribution in [1.29, 1.82) is 0 Å². The van der Waals surface area contributed by atoms with Crippen LogP contribution in [0.3, 0.4) is 0 Å². The summed E-state index contributed by atoms with van der Waals surface area (Å²) >= 11 is 0. The topological polar surface area (TPSA) is 9.23 Å². The SMILES string of the molecule is C=C(C)c1ccc2c(C)c(OC3CCCCCC3)ccc2c1.CCCC.CCCCCC. The molecular weight excluding hydrogens is 388 g/mol. The first kappa shape index (κ1) is 28.3. The molecule has 0 heterocycles. The third kappa shape index (κ3) is 10.2. The molecule has 1 saturated carbocycles. The first-order chi connectivity index (χ1) is 15.5. The van der Waals surface area contributed by atoms with Gasteiger partial charge < -0.3 is 4.74 Å². The third-order valence-corrected chi connectivity index (χ3v) is 6.29. The lowest BCUT2D eigenvalue weighted by molar-refractivity contribution is 0.183. The van der Waals surface area contributed by atoms with Crippen molar-refractivity contribution in [3.05, 3.63) is 48.0 Å². The minimum Gasteiger partial charge on any atom is -0.490 e. The number of ether oxygens (including phenoxy) is 1. The standard InChI is InChI=1S/C21H26O.C6H14.C4H10/c1-15(2)17-10-12-20-16(3)21(13-11-18(20)14-17)22-19-8-6-4-5-7-9-19;1-3-5-6-4-2;1-3-4-2/h10-14,19H,1,4-9H2,2-3H3;3-6H2,1-2H3;3-4H2,1-2H3. The van der Waals surface area contributed by atoms with Crippen LogP contribution in [0.15, 0.2) is 36.9 Å². The van der Waals surface area contributed by atoms with E-state index in [-0.39, 0.29) is 0 Å². The zero-order valence-electron chi connectivity index (χ0n) is 22.1. The Morgan fingerprint density at radius 1 is 0.844 bits per heavy atom. The number of hydrogen-bond donors (Lipinski definition) is 0. The molecule has 32 heavy (non-hydrogen) atoms. The molecule has 0 N–H and O–H groups in total. The minimum atomic E-state index is 0.397. The summed E-state index contributed by atoms with van der Waals surface area (Å²) in [6.07, 6.45) is 16.3. The molecule has 0 aliphatic heterocycles. The fourth-order valence-electron chi connectivity index (χ4n) is 3.90. The molecule has 180 valence electrons. The van der Waals surface area contributed by atoms with Gasteiger partial charge in [0.2, 0.25) is 0 Å². The van der Waals surface area contributed by atoms with Crippen LogP contribution < -0.4 is 4.74 Å². The minimum absolute atomic E-state index is 0.397. The second-order valence-electron chi connectivity index (χ2n) is 9.34. The first-order valence-electron chi connectivity index (χ1n) is 13.3. The lowest BCUT2D eigenvalue weighted by Crippen LogP contribution is -2.15. The van der Waals surface area contributed by atoms with E-state index in [0.717, 1.165) is 11.3 Å². The van der Waals surface area contributed by atoms with Crippen LogP contribution in [0.4, 0.5) is 0 Å². The number of allylic oxidation sites excluding steroid dienone is 1. The average Bonchev–Trinajstić information content (AvgIpc) is 3.08. The van der Waals surface area contributed by atoms with Gasteiger partial charge in [-0.15, -0.1) is 0 Å². The highest BCUT2D eigenvalue weighted by atomic mass is 16.5. The predicted molar refractivity (Wildman–Crippen MR) is 146 cm³/mol. The zero-order chi connectivity index (χ0) is 23.8. The average molecular weight is 439 g/mol. The first-order valence-corrected chi connectivity index (χ1v) is 13.3. The summed E-state index contributed by atoms with van der Waals surface area (Å²) < 4.78 is 6.33. The smallest absolute Gasteiger partial charge is 0.123 e. The Morgan fingerprint density at radius 3 is 1.94 bits per heavy atom. The molecule has 1 aliphatic carbocycles. The van der Waals surface area contributed by atoms with Gasteiger partial charge in [-0.1, -0.05) is 109 Å². The highest BCUT2D eigenvalue weighted by Crippen LogP contribution is 2.31. The number of hydrogen-bond acceptors (Lipinski definition) is 1. The van der Waals surface area contributed by atoms with Crippen molar-refractivity contribution in [2.45, 2.75) is 125 Å². The molecule has 0 spiro atoms. The predicted octanol–water partition coefficient (Wildman–Crippen LogP) is 10.7. The van der Waals surface area contributed by atoms with E-state index in [1.807, 2.05) is 0 Å². The molecule has 2 aromatic carbocycles. The Morgan fingerprint density at radius 2 is 1.44 bits per heavy atom. The molecule has 0 unspecified atom stereocenters. The summed E-state index contributed by atoms with van der Waals surface area (Å²) in [6, 6.07) is 10.9. The van der Waals surface area contributed by atoms with Gasteiger partial charge in [0.15, 0.2) is 0 Å². The molecular formula is C31H50O. The van der Waals surface area contributed by atoms with Crippen molar-refractivity contribution >= 4 is 16.3 Å².